The van der Waals surface area contributed by atoms with Crippen molar-refractivity contribution in [1.82, 2.24) is 14.5 Å². The van der Waals surface area contributed by atoms with Gasteiger partial charge in [-0.15, -0.1) is 0 Å². The Morgan fingerprint density at radius 3 is 3.05 bits per heavy atom. The third kappa shape index (κ3) is 3.02. The summed E-state index contributed by atoms with van der Waals surface area (Å²) < 4.78 is 15.6. The van der Waals surface area contributed by atoms with Gasteiger partial charge in [-0.2, -0.15) is 5.26 Å². The lowest BCUT2D eigenvalue weighted by Gasteiger charge is -2.25. The Hall–Kier alpha value is -2.19. The number of imidazole rings is 1. The Morgan fingerprint density at radius 1 is 1.45 bits per heavy atom. The highest BCUT2D eigenvalue weighted by Gasteiger charge is 2.25. The molecule has 0 amide bonds. The SMILES string of the molecule is Cc1nccn1C[C@H]1CCCN1Cc1cc(F)ccc1C#N. The number of hydrogen-bond acceptors (Lipinski definition) is 3. The molecule has 1 saturated heterocycles. The predicted octanol–water partition coefficient (Wildman–Crippen LogP) is 2.87. The second-order valence-electron chi connectivity index (χ2n) is 5.81. The second kappa shape index (κ2) is 6.29. The van der Waals surface area contributed by atoms with Crippen LogP contribution in [0.2, 0.25) is 0 Å². The van der Waals surface area contributed by atoms with Crippen molar-refractivity contribution in [2.45, 2.75) is 38.9 Å². The van der Waals surface area contributed by atoms with E-state index in [0.29, 0.717) is 18.2 Å². The van der Waals surface area contributed by atoms with Gasteiger partial charge < -0.3 is 4.57 Å². The first kappa shape index (κ1) is 14.7. The molecule has 1 atom stereocenters. The molecule has 1 fully saturated rings. The first-order valence-electron chi connectivity index (χ1n) is 7.57. The zero-order valence-electron chi connectivity index (χ0n) is 12.7. The fraction of sp³-hybridized carbons (Fsp3) is 0.412. The lowest BCUT2D eigenvalue weighted by atomic mass is 10.1. The fourth-order valence-corrected chi connectivity index (χ4v) is 3.15. The van der Waals surface area contributed by atoms with Crippen LogP contribution in [-0.4, -0.2) is 27.0 Å². The van der Waals surface area contributed by atoms with Crippen LogP contribution in [0.3, 0.4) is 0 Å². The van der Waals surface area contributed by atoms with E-state index < -0.39 is 0 Å². The minimum Gasteiger partial charge on any atom is -0.334 e. The summed E-state index contributed by atoms with van der Waals surface area (Å²) in [6, 6.07) is 6.96. The highest BCUT2D eigenvalue weighted by Crippen LogP contribution is 2.23. The summed E-state index contributed by atoms with van der Waals surface area (Å²) in [6.07, 6.45) is 6.06. The topological polar surface area (TPSA) is 44.9 Å². The van der Waals surface area contributed by atoms with E-state index in [2.05, 4.69) is 20.5 Å². The summed E-state index contributed by atoms with van der Waals surface area (Å²) in [5, 5.41) is 9.19. The van der Waals surface area contributed by atoms with Crippen molar-refractivity contribution in [2.75, 3.05) is 6.54 Å². The van der Waals surface area contributed by atoms with Gasteiger partial charge in [0.05, 0.1) is 11.6 Å². The van der Waals surface area contributed by atoms with Crippen LogP contribution in [0.25, 0.3) is 0 Å². The van der Waals surface area contributed by atoms with Crippen molar-refractivity contribution in [3.8, 4) is 6.07 Å². The molecule has 0 N–H and O–H groups in total. The summed E-state index contributed by atoms with van der Waals surface area (Å²) in [5.41, 5.74) is 1.34. The van der Waals surface area contributed by atoms with Crippen molar-refractivity contribution >= 4 is 0 Å². The molecule has 0 saturated carbocycles. The van der Waals surface area contributed by atoms with E-state index >= 15 is 0 Å². The highest BCUT2D eigenvalue weighted by molar-refractivity contribution is 5.37. The summed E-state index contributed by atoms with van der Waals surface area (Å²) >= 11 is 0. The molecule has 3 rings (SSSR count). The van der Waals surface area contributed by atoms with E-state index in [1.807, 2.05) is 19.3 Å². The van der Waals surface area contributed by atoms with Crippen LogP contribution >= 0.6 is 0 Å². The molecule has 2 aromatic rings. The number of benzene rings is 1. The average molecular weight is 298 g/mol. The van der Waals surface area contributed by atoms with Crippen LogP contribution in [0.5, 0.6) is 0 Å². The molecule has 0 radical (unpaired) electrons. The predicted molar refractivity (Wildman–Crippen MR) is 81.5 cm³/mol. The van der Waals surface area contributed by atoms with Crippen LogP contribution in [0, 0.1) is 24.1 Å². The molecular formula is C17H19FN4. The maximum Gasteiger partial charge on any atom is 0.123 e. The molecule has 0 spiro atoms. The third-order valence-electron chi connectivity index (χ3n) is 4.39. The van der Waals surface area contributed by atoms with Gasteiger partial charge in [0.15, 0.2) is 0 Å². The average Bonchev–Trinajstić information content (AvgIpc) is 3.10. The Bertz CT molecular complexity index is 701. The van der Waals surface area contributed by atoms with E-state index in [-0.39, 0.29) is 5.82 Å². The normalized spacial score (nSPS) is 18.5. The van der Waals surface area contributed by atoms with Crippen LogP contribution in [0.15, 0.2) is 30.6 Å². The first-order chi connectivity index (χ1) is 10.7. The molecule has 114 valence electrons. The Labute approximate surface area is 129 Å². The molecule has 2 heterocycles. The molecule has 5 heteroatoms. The van der Waals surface area contributed by atoms with Crippen molar-refractivity contribution in [3.63, 3.8) is 0 Å². The van der Waals surface area contributed by atoms with Crippen LogP contribution in [-0.2, 0) is 13.1 Å². The maximum atomic E-state index is 13.5. The van der Waals surface area contributed by atoms with E-state index in [9.17, 15) is 9.65 Å². The molecular weight excluding hydrogens is 279 g/mol. The lowest BCUT2D eigenvalue weighted by molar-refractivity contribution is 0.223. The number of likely N-dealkylation sites (tertiary alicyclic amines) is 1. The second-order valence-corrected chi connectivity index (χ2v) is 5.81. The Balaban J connectivity index is 1.76. The van der Waals surface area contributed by atoms with Gasteiger partial charge in [0, 0.05) is 31.5 Å². The van der Waals surface area contributed by atoms with Gasteiger partial charge in [0.2, 0.25) is 0 Å². The monoisotopic (exact) mass is 298 g/mol. The molecule has 1 aromatic heterocycles. The quantitative estimate of drug-likeness (QED) is 0.872. The molecule has 0 bridgehead atoms. The summed E-state index contributed by atoms with van der Waals surface area (Å²) in [4.78, 5) is 6.60. The van der Waals surface area contributed by atoms with Gasteiger partial charge in [-0.1, -0.05) is 0 Å². The molecule has 1 aliphatic rings. The zero-order valence-corrected chi connectivity index (χ0v) is 12.7. The number of aromatic nitrogens is 2. The fourth-order valence-electron chi connectivity index (χ4n) is 3.15. The number of halogens is 1. The summed E-state index contributed by atoms with van der Waals surface area (Å²) in [6.45, 7) is 4.50. The molecule has 4 nitrogen and oxygen atoms in total. The number of rotatable bonds is 4. The standard InChI is InChI=1S/C17H19FN4/c1-13-20-6-8-21(13)12-17-3-2-7-22(17)11-15-9-16(18)5-4-14(15)10-19/h4-6,8-9,17H,2-3,7,11-12H2,1H3/t17-/m1/s1. The third-order valence-corrected chi connectivity index (χ3v) is 4.39. The van der Waals surface area contributed by atoms with Gasteiger partial charge in [-0.3, -0.25) is 4.90 Å². The van der Waals surface area contributed by atoms with Gasteiger partial charge in [0.1, 0.15) is 11.6 Å². The van der Waals surface area contributed by atoms with E-state index in [0.717, 1.165) is 37.3 Å². The molecule has 1 aliphatic heterocycles. The van der Waals surface area contributed by atoms with Gasteiger partial charge in [-0.05, 0) is 50.1 Å². The smallest absolute Gasteiger partial charge is 0.123 e. The maximum absolute atomic E-state index is 13.5. The number of aryl methyl sites for hydroxylation is 1. The Kier molecular flexibility index (Phi) is 4.21. The largest absolute Gasteiger partial charge is 0.334 e. The van der Waals surface area contributed by atoms with Gasteiger partial charge in [-0.25, -0.2) is 9.37 Å². The van der Waals surface area contributed by atoms with Gasteiger partial charge >= 0.3 is 0 Å². The number of hydrogen-bond donors (Lipinski definition) is 0. The molecule has 0 aliphatic carbocycles. The van der Waals surface area contributed by atoms with Crippen molar-refractivity contribution < 1.29 is 4.39 Å². The van der Waals surface area contributed by atoms with Crippen LogP contribution < -0.4 is 0 Å². The summed E-state index contributed by atoms with van der Waals surface area (Å²) in [7, 11) is 0. The zero-order chi connectivity index (χ0) is 15.5. The van der Waals surface area contributed by atoms with E-state index in [4.69, 9.17) is 0 Å². The van der Waals surface area contributed by atoms with Crippen molar-refractivity contribution in [1.29, 1.82) is 5.26 Å². The van der Waals surface area contributed by atoms with Crippen molar-refractivity contribution in [3.05, 3.63) is 53.4 Å². The molecule has 22 heavy (non-hydrogen) atoms. The van der Waals surface area contributed by atoms with E-state index in [1.54, 1.807) is 6.07 Å². The molecule has 0 unspecified atom stereocenters. The van der Waals surface area contributed by atoms with Gasteiger partial charge in [0.25, 0.3) is 0 Å². The highest BCUT2D eigenvalue weighted by atomic mass is 19.1. The lowest BCUT2D eigenvalue weighted by Crippen LogP contribution is -2.33. The number of nitrogens with zero attached hydrogens (tertiary/aromatic N) is 4. The number of nitriles is 1. The Morgan fingerprint density at radius 2 is 2.32 bits per heavy atom. The minimum absolute atomic E-state index is 0.282. The minimum atomic E-state index is -0.282. The van der Waals surface area contributed by atoms with Crippen LogP contribution in [0.1, 0.15) is 29.8 Å². The molecule has 1 aromatic carbocycles. The van der Waals surface area contributed by atoms with E-state index in [1.165, 1.54) is 12.1 Å². The summed E-state index contributed by atoms with van der Waals surface area (Å²) in [5.74, 6) is 0.727. The first-order valence-corrected chi connectivity index (χ1v) is 7.57. The van der Waals surface area contributed by atoms with Crippen LogP contribution in [0.4, 0.5) is 4.39 Å². The van der Waals surface area contributed by atoms with Crippen molar-refractivity contribution in [2.24, 2.45) is 0 Å².